The lowest BCUT2D eigenvalue weighted by molar-refractivity contribution is 0.0794. The smallest absolute Gasteiger partial charge is 0.255 e. The number of carbonyl (C=O) groups excluding carboxylic acids is 1. The number of nitriles is 2. The van der Waals surface area contributed by atoms with Gasteiger partial charge in [-0.05, 0) is 23.1 Å². The second kappa shape index (κ2) is 6.02. The predicted octanol–water partition coefficient (Wildman–Crippen LogP) is 2.47. The van der Waals surface area contributed by atoms with E-state index in [2.05, 4.69) is 20.8 Å². The molecule has 0 bridgehead atoms. The first-order valence-corrected chi connectivity index (χ1v) is 6.04. The van der Waals surface area contributed by atoms with E-state index in [4.69, 9.17) is 10.5 Å². The third-order valence-electron chi connectivity index (χ3n) is 2.81. The van der Waals surface area contributed by atoms with E-state index < -0.39 is 0 Å². The second-order valence-corrected chi connectivity index (χ2v) is 5.30. The highest BCUT2D eigenvalue weighted by molar-refractivity contribution is 5.94. The molecule has 0 heterocycles. The van der Waals surface area contributed by atoms with Crippen LogP contribution in [0.25, 0.3) is 0 Å². The van der Waals surface area contributed by atoms with E-state index >= 15 is 0 Å². The van der Waals surface area contributed by atoms with Crippen molar-refractivity contribution in [3.05, 3.63) is 35.4 Å². The van der Waals surface area contributed by atoms with Crippen molar-refractivity contribution >= 4 is 5.91 Å². The summed E-state index contributed by atoms with van der Waals surface area (Å²) in [6, 6.07) is 11.1. The summed E-state index contributed by atoms with van der Waals surface area (Å²) in [6.45, 7) is 6.14. The molecule has 0 N–H and O–H groups in total. The van der Waals surface area contributed by atoms with Gasteiger partial charge >= 0.3 is 0 Å². The molecular formula is C15H17N3O. The molecule has 0 unspecified atom stereocenters. The van der Waals surface area contributed by atoms with Crippen LogP contribution in [0.5, 0.6) is 0 Å². The van der Waals surface area contributed by atoms with Gasteiger partial charge in [-0.1, -0.05) is 32.9 Å². The van der Waals surface area contributed by atoms with E-state index in [1.54, 1.807) is 12.1 Å². The van der Waals surface area contributed by atoms with Crippen LogP contribution in [0.3, 0.4) is 0 Å². The molecule has 0 aromatic heterocycles. The van der Waals surface area contributed by atoms with Crippen LogP contribution in [0.2, 0.25) is 0 Å². The van der Waals surface area contributed by atoms with Gasteiger partial charge < -0.3 is 4.90 Å². The highest BCUT2D eigenvalue weighted by atomic mass is 16.2. The molecule has 0 aliphatic rings. The summed E-state index contributed by atoms with van der Waals surface area (Å²) in [7, 11) is 0. The Kier molecular flexibility index (Phi) is 4.67. The lowest BCUT2D eigenvalue weighted by Crippen LogP contribution is -2.31. The second-order valence-electron chi connectivity index (χ2n) is 5.30. The van der Waals surface area contributed by atoms with Gasteiger partial charge in [-0.25, -0.2) is 0 Å². The largest absolute Gasteiger partial charge is 0.312 e. The minimum atomic E-state index is -0.288. The van der Waals surface area contributed by atoms with Gasteiger partial charge in [0.25, 0.3) is 5.91 Å². The van der Waals surface area contributed by atoms with Gasteiger partial charge in [0, 0.05) is 5.56 Å². The number of rotatable bonds is 3. The molecule has 0 spiro atoms. The number of carbonyl (C=O) groups is 1. The maximum atomic E-state index is 12.1. The van der Waals surface area contributed by atoms with Gasteiger partial charge in [0.15, 0.2) is 0 Å². The molecule has 1 aromatic carbocycles. The van der Waals surface area contributed by atoms with Crippen LogP contribution in [0.15, 0.2) is 24.3 Å². The Hall–Kier alpha value is -2.33. The molecule has 4 nitrogen and oxygen atoms in total. The Labute approximate surface area is 113 Å². The third-order valence-corrected chi connectivity index (χ3v) is 2.81. The SMILES string of the molecule is CC(C)(C)c1ccc(C(=O)N(CC#N)CC#N)cc1. The van der Waals surface area contributed by atoms with Crippen molar-refractivity contribution in [3.63, 3.8) is 0 Å². The van der Waals surface area contributed by atoms with E-state index in [0.29, 0.717) is 5.56 Å². The lowest BCUT2D eigenvalue weighted by atomic mass is 9.86. The standard InChI is InChI=1S/C15H17N3O/c1-15(2,3)13-6-4-12(5-7-13)14(19)18(10-8-16)11-9-17/h4-7H,10-11H2,1-3H3. The molecule has 0 radical (unpaired) electrons. The van der Waals surface area contributed by atoms with Gasteiger partial charge in [-0.2, -0.15) is 10.5 Å². The van der Waals surface area contributed by atoms with Crippen molar-refractivity contribution in [2.45, 2.75) is 26.2 Å². The van der Waals surface area contributed by atoms with Gasteiger partial charge in [-0.15, -0.1) is 0 Å². The fourth-order valence-corrected chi connectivity index (χ4v) is 1.67. The molecule has 1 rings (SSSR count). The summed E-state index contributed by atoms with van der Waals surface area (Å²) in [5, 5.41) is 17.3. The van der Waals surface area contributed by atoms with Crippen molar-refractivity contribution in [1.82, 2.24) is 4.90 Å². The van der Waals surface area contributed by atoms with Crippen LogP contribution in [0.1, 0.15) is 36.7 Å². The van der Waals surface area contributed by atoms with Crippen LogP contribution < -0.4 is 0 Å². The van der Waals surface area contributed by atoms with Crippen LogP contribution in [-0.4, -0.2) is 23.9 Å². The molecule has 98 valence electrons. The van der Waals surface area contributed by atoms with Gasteiger partial charge in [0.05, 0.1) is 12.1 Å². The van der Waals surface area contributed by atoms with E-state index in [9.17, 15) is 4.79 Å². The molecule has 0 saturated carbocycles. The summed E-state index contributed by atoms with van der Waals surface area (Å²) in [5.41, 5.74) is 1.66. The van der Waals surface area contributed by atoms with E-state index in [1.807, 2.05) is 24.3 Å². The van der Waals surface area contributed by atoms with Crippen LogP contribution in [0.4, 0.5) is 0 Å². The van der Waals surface area contributed by atoms with Gasteiger partial charge in [-0.3, -0.25) is 4.79 Å². The molecule has 19 heavy (non-hydrogen) atoms. The Morgan fingerprint density at radius 1 is 1.11 bits per heavy atom. The zero-order chi connectivity index (χ0) is 14.5. The minimum Gasteiger partial charge on any atom is -0.312 e. The highest BCUT2D eigenvalue weighted by Crippen LogP contribution is 2.22. The summed E-state index contributed by atoms with van der Waals surface area (Å²) in [5.74, 6) is -0.288. The molecule has 0 aliphatic carbocycles. The molecule has 0 fully saturated rings. The Morgan fingerprint density at radius 3 is 1.95 bits per heavy atom. The van der Waals surface area contributed by atoms with E-state index in [1.165, 1.54) is 4.90 Å². The minimum absolute atomic E-state index is 0.0283. The summed E-state index contributed by atoms with van der Waals surface area (Å²) < 4.78 is 0. The summed E-state index contributed by atoms with van der Waals surface area (Å²) >= 11 is 0. The predicted molar refractivity (Wildman–Crippen MR) is 72.3 cm³/mol. The van der Waals surface area contributed by atoms with Crippen molar-refractivity contribution < 1.29 is 4.79 Å². The van der Waals surface area contributed by atoms with Crippen molar-refractivity contribution in [2.24, 2.45) is 0 Å². The van der Waals surface area contributed by atoms with Crippen LogP contribution >= 0.6 is 0 Å². The topological polar surface area (TPSA) is 67.9 Å². The Morgan fingerprint density at radius 2 is 1.58 bits per heavy atom. The first-order valence-electron chi connectivity index (χ1n) is 6.04. The van der Waals surface area contributed by atoms with Gasteiger partial charge in [0.2, 0.25) is 0 Å². The maximum absolute atomic E-state index is 12.1. The van der Waals surface area contributed by atoms with E-state index in [0.717, 1.165) is 5.56 Å². The molecule has 4 heteroatoms. The van der Waals surface area contributed by atoms with E-state index in [-0.39, 0.29) is 24.4 Å². The average Bonchev–Trinajstić information content (AvgIpc) is 2.37. The Bertz CT molecular complexity index is 510. The number of hydrogen-bond acceptors (Lipinski definition) is 3. The number of nitrogens with zero attached hydrogens (tertiary/aromatic N) is 3. The first kappa shape index (κ1) is 14.7. The molecule has 0 aliphatic heterocycles. The summed E-state index contributed by atoms with van der Waals surface area (Å²) in [6.07, 6.45) is 0. The number of amides is 1. The Balaban J connectivity index is 2.95. The highest BCUT2D eigenvalue weighted by Gasteiger charge is 2.17. The van der Waals surface area contributed by atoms with Crippen molar-refractivity contribution in [2.75, 3.05) is 13.1 Å². The van der Waals surface area contributed by atoms with Crippen molar-refractivity contribution in [3.8, 4) is 12.1 Å². The fraction of sp³-hybridized carbons (Fsp3) is 0.400. The zero-order valence-electron chi connectivity index (χ0n) is 11.5. The van der Waals surface area contributed by atoms with Crippen LogP contribution in [-0.2, 0) is 5.41 Å². The first-order chi connectivity index (χ1) is 8.90. The number of benzene rings is 1. The molecule has 1 aromatic rings. The average molecular weight is 255 g/mol. The molecule has 0 atom stereocenters. The maximum Gasteiger partial charge on any atom is 0.255 e. The monoisotopic (exact) mass is 255 g/mol. The lowest BCUT2D eigenvalue weighted by Gasteiger charge is -2.20. The third kappa shape index (κ3) is 3.82. The van der Waals surface area contributed by atoms with Gasteiger partial charge in [0.1, 0.15) is 13.1 Å². The quantitative estimate of drug-likeness (QED) is 0.779. The van der Waals surface area contributed by atoms with Crippen LogP contribution in [0, 0.1) is 22.7 Å². The zero-order valence-corrected chi connectivity index (χ0v) is 11.5. The van der Waals surface area contributed by atoms with Crippen molar-refractivity contribution in [1.29, 1.82) is 10.5 Å². The fourth-order valence-electron chi connectivity index (χ4n) is 1.67. The molecular weight excluding hydrogens is 238 g/mol. The molecule has 1 amide bonds. The number of hydrogen-bond donors (Lipinski definition) is 0. The summed E-state index contributed by atoms with van der Waals surface area (Å²) in [4.78, 5) is 13.3. The molecule has 0 saturated heterocycles. The normalized spacial score (nSPS) is 10.4.